The second kappa shape index (κ2) is 8.90. The van der Waals surface area contributed by atoms with Gasteiger partial charge in [0.15, 0.2) is 5.78 Å². The first-order valence-electron chi connectivity index (χ1n) is 13.2. The quantitative estimate of drug-likeness (QED) is 0.571. The lowest BCUT2D eigenvalue weighted by molar-refractivity contribution is 0.101. The summed E-state index contributed by atoms with van der Waals surface area (Å²) < 4.78 is 34.4. The summed E-state index contributed by atoms with van der Waals surface area (Å²) >= 11 is 0. The van der Waals surface area contributed by atoms with Gasteiger partial charge in [-0.2, -0.15) is 4.98 Å². The minimum Gasteiger partial charge on any atom is -0.368 e. The molecule has 0 bridgehead atoms. The number of anilines is 3. The Morgan fingerprint density at radius 2 is 2.00 bits per heavy atom. The summed E-state index contributed by atoms with van der Waals surface area (Å²) in [4.78, 5) is 41.6. The van der Waals surface area contributed by atoms with Gasteiger partial charge in [0.2, 0.25) is 5.95 Å². The van der Waals surface area contributed by atoms with Crippen molar-refractivity contribution >= 4 is 34.3 Å². The molecule has 9 nitrogen and oxygen atoms in total. The van der Waals surface area contributed by atoms with Crippen LogP contribution in [0.3, 0.4) is 0 Å². The SMILES string of the molecule is [2H]C([2H])([2H])c1c(C(C)=O)c(=O)n(C2([2H])CCCC2)c2nc(Nc3ccc(N4CCNCC4)cn3)ncc12. The number of piperazine rings is 1. The molecule has 3 aromatic heterocycles. The molecule has 2 N–H and O–H groups in total. The Hall–Kier alpha value is -3.33. The summed E-state index contributed by atoms with van der Waals surface area (Å²) in [6.45, 7) is 2.02. The van der Waals surface area contributed by atoms with Crippen molar-refractivity contribution in [3.63, 3.8) is 0 Å². The fourth-order valence-corrected chi connectivity index (χ4v) is 4.54. The van der Waals surface area contributed by atoms with Crippen LogP contribution < -0.4 is 21.1 Å². The molecule has 5 rings (SSSR count). The molecule has 172 valence electrons. The van der Waals surface area contributed by atoms with Crippen LogP contribution in [0.5, 0.6) is 0 Å². The summed E-state index contributed by atoms with van der Waals surface area (Å²) in [6.07, 6.45) is 5.35. The van der Waals surface area contributed by atoms with Gasteiger partial charge in [-0.25, -0.2) is 9.97 Å². The van der Waals surface area contributed by atoms with Crippen molar-refractivity contribution in [2.24, 2.45) is 0 Å². The Morgan fingerprint density at radius 1 is 1.21 bits per heavy atom. The Morgan fingerprint density at radius 3 is 2.67 bits per heavy atom. The Labute approximate surface area is 197 Å². The molecule has 9 heteroatoms. The lowest BCUT2D eigenvalue weighted by Crippen LogP contribution is -2.43. The molecule has 0 radical (unpaired) electrons. The van der Waals surface area contributed by atoms with Crippen molar-refractivity contribution in [2.45, 2.75) is 45.5 Å². The van der Waals surface area contributed by atoms with Crippen molar-refractivity contribution in [2.75, 3.05) is 36.4 Å². The van der Waals surface area contributed by atoms with Crippen molar-refractivity contribution in [1.82, 2.24) is 24.8 Å². The van der Waals surface area contributed by atoms with E-state index in [-0.39, 0.29) is 22.5 Å². The molecule has 2 fully saturated rings. The summed E-state index contributed by atoms with van der Waals surface area (Å²) in [5.74, 6) is -0.0777. The maximum Gasteiger partial charge on any atom is 0.263 e. The van der Waals surface area contributed by atoms with Crippen LogP contribution in [-0.2, 0) is 0 Å². The highest BCUT2D eigenvalue weighted by Crippen LogP contribution is 2.32. The van der Waals surface area contributed by atoms with Crippen LogP contribution in [0.15, 0.2) is 29.3 Å². The van der Waals surface area contributed by atoms with Gasteiger partial charge >= 0.3 is 0 Å². The molecular formula is C24H29N7O2. The van der Waals surface area contributed by atoms with Crippen LogP contribution in [0.2, 0.25) is 0 Å². The molecule has 2 aliphatic rings. The third-order valence-corrected chi connectivity index (χ3v) is 6.24. The lowest BCUT2D eigenvalue weighted by Gasteiger charge is -2.29. The van der Waals surface area contributed by atoms with E-state index in [0.717, 1.165) is 44.7 Å². The molecule has 33 heavy (non-hydrogen) atoms. The van der Waals surface area contributed by atoms with Crippen LogP contribution in [0.25, 0.3) is 11.0 Å². The van der Waals surface area contributed by atoms with E-state index in [2.05, 4.69) is 30.5 Å². The van der Waals surface area contributed by atoms with E-state index in [1.54, 1.807) is 12.3 Å². The maximum absolute atomic E-state index is 13.6. The predicted octanol–water partition coefficient (Wildman–Crippen LogP) is 2.97. The van der Waals surface area contributed by atoms with Gasteiger partial charge in [0.05, 0.1) is 18.8 Å². The van der Waals surface area contributed by atoms with Gasteiger partial charge in [-0.05, 0) is 44.3 Å². The van der Waals surface area contributed by atoms with Gasteiger partial charge in [-0.3, -0.25) is 14.2 Å². The zero-order chi connectivity index (χ0) is 26.4. The van der Waals surface area contributed by atoms with Crippen molar-refractivity contribution in [3.8, 4) is 0 Å². The molecule has 0 atom stereocenters. The van der Waals surface area contributed by atoms with Crippen LogP contribution in [-0.4, -0.2) is 51.5 Å². The Balaban J connectivity index is 1.61. The summed E-state index contributed by atoms with van der Waals surface area (Å²) in [7, 11) is 0. The number of ketones is 1. The average molecular weight is 452 g/mol. The first kappa shape index (κ1) is 17.2. The number of aryl methyl sites for hydroxylation is 1. The van der Waals surface area contributed by atoms with Gasteiger partial charge in [-0.1, -0.05) is 12.8 Å². The molecular weight excluding hydrogens is 418 g/mol. The predicted molar refractivity (Wildman–Crippen MR) is 129 cm³/mol. The number of carbonyl (C=O) groups excluding carboxylic acids is 1. The zero-order valence-corrected chi connectivity index (χ0v) is 18.5. The van der Waals surface area contributed by atoms with Crippen LogP contribution in [0, 0.1) is 6.85 Å². The molecule has 1 saturated heterocycles. The third-order valence-electron chi connectivity index (χ3n) is 6.24. The number of hydrogen-bond acceptors (Lipinski definition) is 8. The van der Waals surface area contributed by atoms with Gasteiger partial charge in [0, 0.05) is 47.9 Å². The number of pyridine rings is 2. The summed E-state index contributed by atoms with van der Waals surface area (Å²) in [6, 6.07) is 2.41. The van der Waals surface area contributed by atoms with E-state index in [1.165, 1.54) is 17.7 Å². The van der Waals surface area contributed by atoms with Crippen LogP contribution in [0.1, 0.15) is 60.0 Å². The molecule has 4 heterocycles. The number of fused-ring (bicyclic) bond motifs is 1. The molecule has 0 amide bonds. The van der Waals surface area contributed by atoms with Crippen LogP contribution in [0.4, 0.5) is 17.5 Å². The summed E-state index contributed by atoms with van der Waals surface area (Å²) in [5.41, 5.74) is -0.584. The number of rotatable bonds is 5. The number of aromatic nitrogens is 4. The van der Waals surface area contributed by atoms with Crippen molar-refractivity contribution in [3.05, 3.63) is 46.0 Å². The minimum absolute atomic E-state index is 0.0213. The fourth-order valence-electron chi connectivity index (χ4n) is 4.54. The number of carbonyl (C=O) groups is 1. The monoisotopic (exact) mass is 451 g/mol. The second-order valence-electron chi connectivity index (χ2n) is 8.41. The van der Waals surface area contributed by atoms with E-state index >= 15 is 0 Å². The smallest absolute Gasteiger partial charge is 0.263 e. The molecule has 3 aromatic rings. The largest absolute Gasteiger partial charge is 0.368 e. The highest BCUT2D eigenvalue weighted by molar-refractivity contribution is 5.99. The number of nitrogens with zero attached hydrogens (tertiary/aromatic N) is 5. The van der Waals surface area contributed by atoms with Gasteiger partial charge in [0.1, 0.15) is 11.5 Å². The standard InChI is InChI=1S/C24H29N7O2/c1-15-19-14-27-24(28-20-8-7-18(13-26-20)30-11-9-25-10-12-30)29-22(19)31(17-5-3-4-6-17)23(33)21(15)16(2)32/h7-8,13-14,17,25H,3-6,9-12H2,1-2H3,(H,26,27,28,29)/i1D3,17D. The maximum atomic E-state index is 13.6. The van der Waals surface area contributed by atoms with E-state index in [0.29, 0.717) is 18.7 Å². The molecule has 1 saturated carbocycles. The van der Waals surface area contributed by atoms with Crippen molar-refractivity contribution in [1.29, 1.82) is 0 Å². The Kier molecular flexibility index (Phi) is 4.63. The van der Waals surface area contributed by atoms with E-state index < -0.39 is 29.8 Å². The van der Waals surface area contributed by atoms with E-state index in [9.17, 15) is 9.59 Å². The summed E-state index contributed by atoms with van der Waals surface area (Å²) in [5, 5.41) is 6.40. The fraction of sp³-hybridized carbons (Fsp3) is 0.458. The van der Waals surface area contributed by atoms with Crippen molar-refractivity contribution < 1.29 is 10.3 Å². The average Bonchev–Trinajstić information content (AvgIpc) is 3.30. The van der Waals surface area contributed by atoms with Gasteiger partial charge in [-0.15, -0.1) is 0 Å². The lowest BCUT2D eigenvalue weighted by atomic mass is 10.0. The Bertz CT molecular complexity index is 1390. The third kappa shape index (κ3) is 4.08. The van der Waals surface area contributed by atoms with Crippen LogP contribution >= 0.6 is 0 Å². The van der Waals surface area contributed by atoms with E-state index in [1.807, 2.05) is 6.07 Å². The topological polar surface area (TPSA) is 105 Å². The number of Topliss-reactive ketones (excluding diaryl/α,β-unsaturated/α-hetero) is 1. The molecule has 1 aliphatic heterocycles. The molecule has 0 unspecified atom stereocenters. The molecule has 1 aliphatic carbocycles. The molecule has 0 spiro atoms. The zero-order valence-electron chi connectivity index (χ0n) is 22.5. The van der Waals surface area contributed by atoms with Gasteiger partial charge in [0.25, 0.3) is 5.56 Å². The number of hydrogen-bond donors (Lipinski definition) is 2. The minimum atomic E-state index is -2.75. The normalized spacial score (nSPS) is 20.1. The highest BCUT2D eigenvalue weighted by Gasteiger charge is 2.25. The first-order valence-corrected chi connectivity index (χ1v) is 11.2. The van der Waals surface area contributed by atoms with E-state index in [4.69, 9.17) is 5.48 Å². The second-order valence-corrected chi connectivity index (χ2v) is 8.41. The highest BCUT2D eigenvalue weighted by atomic mass is 16.1. The number of nitrogens with one attached hydrogen (secondary N) is 2. The molecule has 0 aromatic carbocycles. The first-order chi connectivity index (χ1) is 17.6. The van der Waals surface area contributed by atoms with Gasteiger partial charge < -0.3 is 15.5 Å².